The predicted molar refractivity (Wildman–Crippen MR) is 109 cm³/mol. The summed E-state index contributed by atoms with van der Waals surface area (Å²) in [5, 5.41) is 18.0. The summed E-state index contributed by atoms with van der Waals surface area (Å²) >= 11 is 0. The summed E-state index contributed by atoms with van der Waals surface area (Å²) in [4.78, 5) is 22.7. The number of aromatic nitrogens is 2. The zero-order valence-corrected chi connectivity index (χ0v) is 16.3. The molecule has 3 aromatic rings. The maximum atomic E-state index is 13.8. The van der Waals surface area contributed by atoms with Gasteiger partial charge in [-0.15, -0.1) is 0 Å². The van der Waals surface area contributed by atoms with Gasteiger partial charge in [-0.3, -0.25) is 0 Å². The number of imidazole rings is 1. The van der Waals surface area contributed by atoms with E-state index in [1.807, 2.05) is 42.6 Å². The van der Waals surface area contributed by atoms with Crippen molar-refractivity contribution < 1.29 is 28.9 Å². The van der Waals surface area contributed by atoms with E-state index < -0.39 is 11.9 Å². The summed E-state index contributed by atoms with van der Waals surface area (Å²) in [5.74, 6) is -3.16. The normalized spacial score (nSPS) is 10.1. The number of aliphatic carboxylic acids is 2. The molecule has 0 amide bonds. The number of methoxy groups -OCH3 is 1. The molecule has 2 aromatic carbocycles. The molecule has 8 nitrogen and oxygen atoms in total. The van der Waals surface area contributed by atoms with E-state index in [2.05, 4.69) is 14.9 Å². The zero-order chi connectivity index (χ0) is 21.9. The van der Waals surface area contributed by atoms with Crippen molar-refractivity contribution in [3.8, 4) is 11.3 Å². The predicted octanol–water partition coefficient (Wildman–Crippen LogP) is 3.10. The molecule has 158 valence electrons. The van der Waals surface area contributed by atoms with Gasteiger partial charge in [0.05, 0.1) is 18.5 Å². The molecular formula is C21H22FN3O5. The van der Waals surface area contributed by atoms with Crippen molar-refractivity contribution in [2.45, 2.75) is 13.1 Å². The number of ether oxygens (including phenoxy) is 1. The first-order valence-electron chi connectivity index (χ1n) is 8.97. The second-order valence-electron chi connectivity index (χ2n) is 6.03. The number of rotatable bonds is 7. The lowest BCUT2D eigenvalue weighted by atomic mass is 10.2. The van der Waals surface area contributed by atoms with E-state index in [9.17, 15) is 4.39 Å². The molecule has 0 aliphatic carbocycles. The van der Waals surface area contributed by atoms with Gasteiger partial charge in [-0.2, -0.15) is 0 Å². The average Bonchev–Trinajstić information content (AvgIpc) is 3.15. The third-order valence-electron chi connectivity index (χ3n) is 4.02. The molecule has 0 atom stereocenters. The highest BCUT2D eigenvalue weighted by atomic mass is 19.1. The highest BCUT2D eigenvalue weighted by molar-refractivity contribution is 6.27. The molecule has 0 saturated carbocycles. The number of nitrogens with zero attached hydrogens (tertiary/aromatic N) is 2. The van der Waals surface area contributed by atoms with Crippen LogP contribution in [0.5, 0.6) is 0 Å². The van der Waals surface area contributed by atoms with Crippen LogP contribution in [0.3, 0.4) is 0 Å². The Bertz CT molecular complexity index is 964. The minimum atomic E-state index is -1.82. The van der Waals surface area contributed by atoms with Crippen LogP contribution >= 0.6 is 0 Å². The number of carbonyl (C=O) groups is 2. The lowest BCUT2D eigenvalue weighted by molar-refractivity contribution is -0.159. The van der Waals surface area contributed by atoms with Crippen LogP contribution in [0.1, 0.15) is 5.56 Å². The number of hydrogen-bond acceptors (Lipinski definition) is 5. The Hall–Kier alpha value is -3.72. The van der Waals surface area contributed by atoms with Crippen LogP contribution in [0.15, 0.2) is 60.8 Å². The van der Waals surface area contributed by atoms with Gasteiger partial charge < -0.3 is 24.8 Å². The lowest BCUT2D eigenvalue weighted by Crippen LogP contribution is -2.12. The van der Waals surface area contributed by atoms with E-state index in [-0.39, 0.29) is 5.82 Å². The largest absolute Gasteiger partial charge is 0.473 e. The molecular weight excluding hydrogens is 393 g/mol. The van der Waals surface area contributed by atoms with Gasteiger partial charge in [-0.25, -0.2) is 19.0 Å². The third kappa shape index (κ3) is 6.42. The Labute approximate surface area is 172 Å². The first kappa shape index (κ1) is 22.6. The second-order valence-corrected chi connectivity index (χ2v) is 6.03. The van der Waals surface area contributed by atoms with Crippen LogP contribution in [0.4, 0.5) is 10.3 Å². The fraction of sp³-hybridized carbons (Fsp3) is 0.190. The molecule has 0 aliphatic heterocycles. The molecule has 0 radical (unpaired) electrons. The summed E-state index contributed by atoms with van der Waals surface area (Å²) in [6, 6.07) is 16.8. The molecule has 3 N–H and O–H groups in total. The van der Waals surface area contributed by atoms with Crippen molar-refractivity contribution in [1.29, 1.82) is 0 Å². The highest BCUT2D eigenvalue weighted by Gasteiger charge is 2.12. The topological polar surface area (TPSA) is 114 Å². The maximum Gasteiger partial charge on any atom is 0.414 e. The maximum absolute atomic E-state index is 13.8. The molecule has 9 heteroatoms. The van der Waals surface area contributed by atoms with Gasteiger partial charge in [0.15, 0.2) is 0 Å². The van der Waals surface area contributed by atoms with Crippen LogP contribution in [0, 0.1) is 5.82 Å². The molecule has 0 unspecified atom stereocenters. The Kier molecular flexibility index (Phi) is 8.52. The average molecular weight is 415 g/mol. The van der Waals surface area contributed by atoms with E-state index in [4.69, 9.17) is 24.5 Å². The van der Waals surface area contributed by atoms with Gasteiger partial charge in [0.2, 0.25) is 5.95 Å². The van der Waals surface area contributed by atoms with Gasteiger partial charge in [-0.05, 0) is 11.6 Å². The Morgan fingerprint density at radius 1 is 1.07 bits per heavy atom. The van der Waals surface area contributed by atoms with Crippen molar-refractivity contribution in [1.82, 2.24) is 9.55 Å². The van der Waals surface area contributed by atoms with E-state index in [0.29, 0.717) is 31.2 Å². The molecule has 3 rings (SSSR count). The Morgan fingerprint density at radius 3 is 2.30 bits per heavy atom. The molecule has 0 saturated heterocycles. The van der Waals surface area contributed by atoms with Crippen LogP contribution in [-0.2, 0) is 27.4 Å². The van der Waals surface area contributed by atoms with Crippen molar-refractivity contribution >= 4 is 17.9 Å². The summed E-state index contributed by atoms with van der Waals surface area (Å²) < 4.78 is 21.0. The van der Waals surface area contributed by atoms with E-state index in [1.54, 1.807) is 19.2 Å². The van der Waals surface area contributed by atoms with Crippen molar-refractivity contribution in [3.05, 3.63) is 72.2 Å². The van der Waals surface area contributed by atoms with Gasteiger partial charge in [0, 0.05) is 25.8 Å². The van der Waals surface area contributed by atoms with E-state index in [0.717, 1.165) is 11.3 Å². The number of carboxylic acid groups (broad SMARTS) is 2. The van der Waals surface area contributed by atoms with Gasteiger partial charge in [0.1, 0.15) is 5.82 Å². The van der Waals surface area contributed by atoms with Crippen molar-refractivity contribution in [2.24, 2.45) is 0 Å². The van der Waals surface area contributed by atoms with Gasteiger partial charge in [0.25, 0.3) is 0 Å². The zero-order valence-electron chi connectivity index (χ0n) is 16.3. The van der Waals surface area contributed by atoms with Crippen molar-refractivity contribution in [3.63, 3.8) is 0 Å². The fourth-order valence-corrected chi connectivity index (χ4v) is 2.58. The molecule has 30 heavy (non-hydrogen) atoms. The van der Waals surface area contributed by atoms with E-state index in [1.165, 1.54) is 6.07 Å². The molecule has 1 heterocycles. The molecule has 0 spiro atoms. The van der Waals surface area contributed by atoms with Crippen LogP contribution < -0.4 is 5.32 Å². The Morgan fingerprint density at radius 2 is 1.70 bits per heavy atom. The molecule has 0 bridgehead atoms. The second kappa shape index (κ2) is 11.3. The minimum absolute atomic E-state index is 0.219. The smallest absolute Gasteiger partial charge is 0.414 e. The quantitative estimate of drug-likeness (QED) is 0.508. The first-order valence-corrected chi connectivity index (χ1v) is 8.97. The van der Waals surface area contributed by atoms with E-state index >= 15 is 0 Å². The third-order valence-corrected chi connectivity index (χ3v) is 4.02. The number of nitrogens with one attached hydrogen (secondary N) is 1. The SMILES string of the molecule is COCCn1c(-c2ccccc2)cnc1NCc1ccccc1F.O=C(O)C(=O)O. The number of anilines is 1. The number of benzene rings is 2. The molecule has 1 aromatic heterocycles. The molecule has 0 fully saturated rings. The molecule has 0 aliphatic rings. The lowest BCUT2D eigenvalue weighted by Gasteiger charge is -2.13. The van der Waals surface area contributed by atoms with Crippen LogP contribution in [0.25, 0.3) is 11.3 Å². The van der Waals surface area contributed by atoms with Crippen LogP contribution in [-0.4, -0.2) is 45.4 Å². The summed E-state index contributed by atoms with van der Waals surface area (Å²) in [5.41, 5.74) is 2.70. The standard InChI is InChI=1S/C19H20FN3O.C2H2O4/c1-24-12-11-23-18(15-7-3-2-4-8-15)14-22-19(23)21-13-16-9-5-6-10-17(16)20;3-1(4)2(5)6/h2-10,14H,11-13H2,1H3,(H,21,22);(H,3,4)(H,5,6). The van der Waals surface area contributed by atoms with Crippen molar-refractivity contribution in [2.75, 3.05) is 19.0 Å². The van der Waals surface area contributed by atoms with Gasteiger partial charge >= 0.3 is 11.9 Å². The highest BCUT2D eigenvalue weighted by Crippen LogP contribution is 2.23. The summed E-state index contributed by atoms with van der Waals surface area (Å²) in [6.45, 7) is 1.62. The van der Waals surface area contributed by atoms with Crippen LogP contribution in [0.2, 0.25) is 0 Å². The number of halogens is 1. The van der Waals surface area contributed by atoms with Gasteiger partial charge in [-0.1, -0.05) is 48.5 Å². The minimum Gasteiger partial charge on any atom is -0.473 e. The first-order chi connectivity index (χ1) is 14.4. The monoisotopic (exact) mass is 415 g/mol. The fourth-order valence-electron chi connectivity index (χ4n) is 2.58. The summed E-state index contributed by atoms with van der Waals surface area (Å²) in [6.07, 6.45) is 1.83. The summed E-state index contributed by atoms with van der Waals surface area (Å²) in [7, 11) is 1.67. The number of hydrogen-bond donors (Lipinski definition) is 3. The Balaban J connectivity index is 0.000000469. The number of carboxylic acids is 2.